The van der Waals surface area contributed by atoms with Crippen molar-refractivity contribution in [2.24, 2.45) is 12.0 Å². The number of rotatable bonds is 4. The molecule has 0 bridgehead atoms. The van der Waals surface area contributed by atoms with Crippen LogP contribution in [-0.4, -0.2) is 26.9 Å². The van der Waals surface area contributed by atoms with Crippen molar-refractivity contribution in [3.05, 3.63) is 75.2 Å². The van der Waals surface area contributed by atoms with Gasteiger partial charge in [0.15, 0.2) is 5.90 Å². The Morgan fingerprint density at radius 3 is 2.97 bits per heavy atom. The van der Waals surface area contributed by atoms with Crippen molar-refractivity contribution in [1.82, 2.24) is 14.3 Å². The van der Waals surface area contributed by atoms with Crippen molar-refractivity contribution < 1.29 is 4.74 Å². The number of hydrogen-bond acceptors (Lipinski definition) is 5. The number of nitrogens with zero attached hydrogens (tertiary/aromatic N) is 4. The Balaban J connectivity index is 1.55. The molecule has 7 heteroatoms. The van der Waals surface area contributed by atoms with E-state index in [2.05, 4.69) is 22.2 Å². The SMILES string of the molecule is Cc1cccc(Cn2ncc3c4sc(CC5=NC=CCO5)cc4n(C)c3c2=O)c1. The summed E-state index contributed by atoms with van der Waals surface area (Å²) in [5.41, 5.74) is 3.90. The molecule has 1 aliphatic heterocycles. The molecule has 0 unspecified atom stereocenters. The summed E-state index contributed by atoms with van der Waals surface area (Å²) >= 11 is 1.67. The van der Waals surface area contributed by atoms with Gasteiger partial charge in [-0.25, -0.2) is 9.67 Å². The van der Waals surface area contributed by atoms with Gasteiger partial charge in [0, 0.05) is 23.5 Å². The molecule has 0 saturated heterocycles. The van der Waals surface area contributed by atoms with E-state index in [1.165, 1.54) is 5.56 Å². The molecule has 1 aromatic carbocycles. The maximum atomic E-state index is 13.1. The Hall–Kier alpha value is -3.19. The smallest absolute Gasteiger partial charge is 0.291 e. The molecule has 4 heterocycles. The highest BCUT2D eigenvalue weighted by Gasteiger charge is 2.18. The molecular formula is C22H20N4O2S. The second-order valence-corrected chi connectivity index (χ2v) is 8.38. The number of aryl methyl sites for hydroxylation is 2. The van der Waals surface area contributed by atoms with E-state index >= 15 is 0 Å². The fourth-order valence-electron chi connectivity index (χ4n) is 3.75. The summed E-state index contributed by atoms with van der Waals surface area (Å²) in [6, 6.07) is 10.3. The van der Waals surface area contributed by atoms with Gasteiger partial charge < -0.3 is 9.30 Å². The first-order chi connectivity index (χ1) is 14.1. The van der Waals surface area contributed by atoms with Gasteiger partial charge in [-0.15, -0.1) is 11.3 Å². The minimum absolute atomic E-state index is 0.0680. The fraction of sp³-hybridized carbons (Fsp3) is 0.227. The molecule has 0 amide bonds. The first-order valence-electron chi connectivity index (χ1n) is 9.47. The molecule has 0 N–H and O–H groups in total. The van der Waals surface area contributed by atoms with Gasteiger partial charge >= 0.3 is 0 Å². The third-order valence-electron chi connectivity index (χ3n) is 5.13. The molecule has 0 fully saturated rings. The van der Waals surface area contributed by atoms with Gasteiger partial charge in [0.1, 0.15) is 12.1 Å². The molecule has 0 radical (unpaired) electrons. The number of fused-ring (bicyclic) bond motifs is 3. The summed E-state index contributed by atoms with van der Waals surface area (Å²) in [5, 5.41) is 5.36. The van der Waals surface area contributed by atoms with E-state index in [1.807, 2.05) is 49.0 Å². The molecule has 29 heavy (non-hydrogen) atoms. The highest BCUT2D eigenvalue weighted by Crippen LogP contribution is 2.33. The van der Waals surface area contributed by atoms with E-state index in [1.54, 1.807) is 22.2 Å². The molecule has 4 aromatic rings. The van der Waals surface area contributed by atoms with Crippen molar-refractivity contribution in [3.8, 4) is 0 Å². The molecule has 0 saturated carbocycles. The number of benzene rings is 1. The van der Waals surface area contributed by atoms with E-state index < -0.39 is 0 Å². The lowest BCUT2D eigenvalue weighted by molar-refractivity contribution is 0.337. The van der Waals surface area contributed by atoms with E-state index in [9.17, 15) is 4.79 Å². The fourth-order valence-corrected chi connectivity index (χ4v) is 4.94. The maximum Gasteiger partial charge on any atom is 0.291 e. The lowest BCUT2D eigenvalue weighted by Crippen LogP contribution is -2.24. The summed E-state index contributed by atoms with van der Waals surface area (Å²) in [4.78, 5) is 18.6. The first-order valence-corrected chi connectivity index (χ1v) is 10.3. The molecule has 1 aliphatic rings. The standard InChI is InChI=1S/C22H20N4O2S/c1-14-5-3-6-15(9-14)13-26-22(27)20-17(12-24-26)21-18(25(20)2)10-16(29-21)11-19-23-7-4-8-28-19/h3-7,9-10,12H,8,11,13H2,1-2H3. The molecule has 6 nitrogen and oxygen atoms in total. The quantitative estimate of drug-likeness (QED) is 0.520. The molecule has 0 atom stereocenters. The van der Waals surface area contributed by atoms with Crippen molar-refractivity contribution in [3.63, 3.8) is 0 Å². The molecular weight excluding hydrogens is 384 g/mol. The molecule has 146 valence electrons. The van der Waals surface area contributed by atoms with E-state index in [0.717, 1.165) is 31.9 Å². The summed E-state index contributed by atoms with van der Waals surface area (Å²) in [6.07, 6.45) is 6.13. The van der Waals surface area contributed by atoms with Crippen LogP contribution in [0.3, 0.4) is 0 Å². The van der Waals surface area contributed by atoms with Crippen LogP contribution in [0, 0.1) is 6.92 Å². The van der Waals surface area contributed by atoms with Crippen molar-refractivity contribution in [2.45, 2.75) is 19.9 Å². The number of thiophene rings is 1. The van der Waals surface area contributed by atoms with Gasteiger partial charge in [0.05, 0.1) is 29.4 Å². The summed E-state index contributed by atoms with van der Waals surface area (Å²) in [7, 11) is 1.94. The Labute approximate surface area is 171 Å². The van der Waals surface area contributed by atoms with Crippen LogP contribution in [0.5, 0.6) is 0 Å². The third kappa shape index (κ3) is 3.17. The zero-order valence-electron chi connectivity index (χ0n) is 16.3. The van der Waals surface area contributed by atoms with Gasteiger partial charge in [-0.05, 0) is 24.6 Å². The van der Waals surface area contributed by atoms with Crippen LogP contribution in [0.4, 0.5) is 0 Å². The summed E-state index contributed by atoms with van der Waals surface area (Å²) in [6.45, 7) is 3.08. The average Bonchev–Trinajstić information content (AvgIpc) is 3.23. The largest absolute Gasteiger partial charge is 0.476 e. The van der Waals surface area contributed by atoms with Crippen LogP contribution < -0.4 is 5.56 Å². The zero-order chi connectivity index (χ0) is 20.0. The van der Waals surface area contributed by atoms with E-state index in [-0.39, 0.29) is 5.56 Å². The van der Waals surface area contributed by atoms with Crippen LogP contribution in [0.2, 0.25) is 0 Å². The Morgan fingerprint density at radius 1 is 1.28 bits per heavy atom. The zero-order valence-corrected chi connectivity index (χ0v) is 17.1. The number of hydrogen-bond donors (Lipinski definition) is 0. The molecule has 0 aliphatic carbocycles. The Morgan fingerprint density at radius 2 is 2.17 bits per heavy atom. The van der Waals surface area contributed by atoms with Crippen molar-refractivity contribution in [1.29, 1.82) is 0 Å². The minimum atomic E-state index is -0.0680. The molecule has 5 rings (SSSR count). The monoisotopic (exact) mass is 404 g/mol. The van der Waals surface area contributed by atoms with Crippen LogP contribution in [0.15, 0.2) is 58.6 Å². The number of aromatic nitrogens is 3. The lowest BCUT2D eigenvalue weighted by atomic mass is 10.1. The summed E-state index contributed by atoms with van der Waals surface area (Å²) in [5.74, 6) is 0.724. The van der Waals surface area contributed by atoms with Gasteiger partial charge in [0.25, 0.3) is 5.56 Å². The first kappa shape index (κ1) is 17.9. The molecule has 3 aromatic heterocycles. The van der Waals surface area contributed by atoms with Gasteiger partial charge in [-0.2, -0.15) is 5.10 Å². The van der Waals surface area contributed by atoms with Crippen molar-refractivity contribution >= 4 is 38.4 Å². The van der Waals surface area contributed by atoms with Gasteiger partial charge in [0.2, 0.25) is 0 Å². The lowest BCUT2D eigenvalue weighted by Gasteiger charge is -2.08. The van der Waals surface area contributed by atoms with Crippen LogP contribution in [0.25, 0.3) is 21.1 Å². The topological polar surface area (TPSA) is 61.4 Å². The van der Waals surface area contributed by atoms with Crippen molar-refractivity contribution in [2.75, 3.05) is 6.61 Å². The Bertz CT molecular complexity index is 1360. The second-order valence-electron chi connectivity index (χ2n) is 7.24. The predicted molar refractivity (Wildman–Crippen MR) is 117 cm³/mol. The van der Waals surface area contributed by atoms with Crippen LogP contribution >= 0.6 is 11.3 Å². The van der Waals surface area contributed by atoms with E-state index in [0.29, 0.717) is 25.1 Å². The van der Waals surface area contributed by atoms with E-state index in [4.69, 9.17) is 4.74 Å². The average molecular weight is 404 g/mol. The highest BCUT2D eigenvalue weighted by atomic mass is 32.1. The normalized spacial score (nSPS) is 13.8. The van der Waals surface area contributed by atoms with Gasteiger partial charge in [-0.3, -0.25) is 4.79 Å². The second kappa shape index (κ2) is 7.00. The highest BCUT2D eigenvalue weighted by molar-refractivity contribution is 7.20. The maximum absolute atomic E-state index is 13.1. The predicted octanol–water partition coefficient (Wildman–Crippen LogP) is 3.79. The number of aliphatic imine (C=N–C) groups is 1. The van der Waals surface area contributed by atoms with Crippen LogP contribution in [-0.2, 0) is 24.8 Å². The van der Waals surface area contributed by atoms with Crippen LogP contribution in [0.1, 0.15) is 16.0 Å². The Kier molecular flexibility index (Phi) is 4.32. The molecule has 0 spiro atoms. The number of ether oxygens (including phenoxy) is 1. The third-order valence-corrected chi connectivity index (χ3v) is 6.29. The summed E-state index contributed by atoms with van der Waals surface area (Å²) < 4.78 is 10.2. The minimum Gasteiger partial charge on any atom is -0.476 e. The van der Waals surface area contributed by atoms with Gasteiger partial charge in [-0.1, -0.05) is 29.8 Å².